The Morgan fingerprint density at radius 1 is 1.04 bits per heavy atom. The number of hydrogen-bond donors (Lipinski definition) is 1. The summed E-state index contributed by atoms with van der Waals surface area (Å²) in [5.41, 5.74) is 4.74. The van der Waals surface area contributed by atoms with E-state index in [2.05, 4.69) is 43.4 Å². The molecule has 5 nitrogen and oxygen atoms in total. The Morgan fingerprint density at radius 3 is 2.20 bits per heavy atom. The maximum atomic E-state index is 11.7. The lowest BCUT2D eigenvalue weighted by Gasteiger charge is -2.18. The predicted octanol–water partition coefficient (Wildman–Crippen LogP) is 3.52. The third-order valence-corrected chi connectivity index (χ3v) is 3.61. The number of benzene rings is 2. The van der Waals surface area contributed by atoms with Crippen LogP contribution in [0.1, 0.15) is 31.9 Å². The lowest BCUT2D eigenvalue weighted by atomic mass is 9.87. The minimum Gasteiger partial charge on any atom is -0.497 e. The van der Waals surface area contributed by atoms with Crippen molar-refractivity contribution in [3.63, 3.8) is 0 Å². The van der Waals surface area contributed by atoms with Gasteiger partial charge in [0.25, 0.3) is 5.91 Å². The van der Waals surface area contributed by atoms with E-state index in [0.29, 0.717) is 5.75 Å². The zero-order chi connectivity index (χ0) is 18.3. The second-order valence-corrected chi connectivity index (χ2v) is 6.63. The number of rotatable bonds is 6. The zero-order valence-corrected chi connectivity index (χ0v) is 15.1. The first-order valence-electron chi connectivity index (χ1n) is 8.08. The van der Waals surface area contributed by atoms with Gasteiger partial charge in [-0.1, -0.05) is 45.0 Å². The molecule has 0 saturated heterocycles. The molecule has 25 heavy (non-hydrogen) atoms. The summed E-state index contributed by atoms with van der Waals surface area (Å²) in [6, 6.07) is 15.1. The van der Waals surface area contributed by atoms with Crippen molar-refractivity contribution in [3.8, 4) is 11.5 Å². The Balaban J connectivity index is 1.79. The van der Waals surface area contributed by atoms with Crippen LogP contribution >= 0.6 is 0 Å². The molecule has 0 bridgehead atoms. The van der Waals surface area contributed by atoms with Crippen molar-refractivity contribution < 1.29 is 14.3 Å². The highest BCUT2D eigenvalue weighted by molar-refractivity contribution is 5.82. The van der Waals surface area contributed by atoms with Crippen molar-refractivity contribution in [1.82, 2.24) is 5.43 Å². The number of carbonyl (C=O) groups excluding carboxylic acids is 1. The van der Waals surface area contributed by atoms with E-state index in [0.717, 1.165) is 11.3 Å². The first kappa shape index (κ1) is 18.5. The first-order valence-corrected chi connectivity index (χ1v) is 8.08. The van der Waals surface area contributed by atoms with Crippen LogP contribution in [-0.2, 0) is 10.2 Å². The number of hydrogen-bond acceptors (Lipinski definition) is 4. The second kappa shape index (κ2) is 8.33. The van der Waals surface area contributed by atoms with Gasteiger partial charge in [-0.05, 0) is 40.8 Å². The van der Waals surface area contributed by atoms with Crippen LogP contribution in [0.3, 0.4) is 0 Å². The third-order valence-electron chi connectivity index (χ3n) is 3.61. The Hall–Kier alpha value is -2.82. The SMILES string of the molecule is COc1ccc(OCC(=O)N/N=C/c2ccc(C(C)(C)C)cc2)cc1. The van der Waals surface area contributed by atoms with E-state index in [1.807, 2.05) is 12.1 Å². The van der Waals surface area contributed by atoms with Gasteiger partial charge in [0.2, 0.25) is 0 Å². The predicted molar refractivity (Wildman–Crippen MR) is 99.4 cm³/mol. The molecule has 0 saturated carbocycles. The van der Waals surface area contributed by atoms with Crippen molar-refractivity contribution in [2.75, 3.05) is 13.7 Å². The Bertz CT molecular complexity index is 714. The van der Waals surface area contributed by atoms with Crippen LogP contribution in [0.15, 0.2) is 53.6 Å². The van der Waals surface area contributed by atoms with E-state index in [-0.39, 0.29) is 17.9 Å². The summed E-state index contributed by atoms with van der Waals surface area (Å²) in [4.78, 5) is 11.7. The molecule has 0 fully saturated rings. The molecule has 0 aliphatic carbocycles. The molecule has 2 rings (SSSR count). The lowest BCUT2D eigenvalue weighted by molar-refractivity contribution is -0.123. The van der Waals surface area contributed by atoms with E-state index in [1.165, 1.54) is 5.56 Å². The van der Waals surface area contributed by atoms with Crippen LogP contribution in [0.2, 0.25) is 0 Å². The van der Waals surface area contributed by atoms with Crippen molar-refractivity contribution in [2.45, 2.75) is 26.2 Å². The van der Waals surface area contributed by atoms with Gasteiger partial charge in [0.05, 0.1) is 13.3 Å². The van der Waals surface area contributed by atoms with Gasteiger partial charge < -0.3 is 9.47 Å². The Labute approximate surface area is 148 Å². The highest BCUT2D eigenvalue weighted by Crippen LogP contribution is 2.21. The molecule has 0 aliphatic rings. The fraction of sp³-hybridized carbons (Fsp3) is 0.300. The van der Waals surface area contributed by atoms with Gasteiger partial charge in [-0.3, -0.25) is 4.79 Å². The van der Waals surface area contributed by atoms with E-state index >= 15 is 0 Å². The molecule has 2 aromatic rings. The van der Waals surface area contributed by atoms with E-state index < -0.39 is 0 Å². The molecule has 1 N–H and O–H groups in total. The first-order chi connectivity index (χ1) is 11.9. The number of nitrogens with one attached hydrogen (secondary N) is 1. The van der Waals surface area contributed by atoms with Crippen molar-refractivity contribution in [2.24, 2.45) is 5.10 Å². The summed E-state index contributed by atoms with van der Waals surface area (Å²) < 4.78 is 10.4. The Morgan fingerprint density at radius 2 is 1.64 bits per heavy atom. The number of amides is 1. The molecule has 132 valence electrons. The number of methoxy groups -OCH3 is 1. The van der Waals surface area contributed by atoms with Gasteiger partial charge in [-0.15, -0.1) is 0 Å². The molecule has 0 spiro atoms. The van der Waals surface area contributed by atoms with Gasteiger partial charge in [-0.25, -0.2) is 5.43 Å². The van der Waals surface area contributed by atoms with Crippen molar-refractivity contribution >= 4 is 12.1 Å². The van der Waals surface area contributed by atoms with Crippen LogP contribution < -0.4 is 14.9 Å². The van der Waals surface area contributed by atoms with Crippen LogP contribution in [0.5, 0.6) is 11.5 Å². The summed E-state index contributed by atoms with van der Waals surface area (Å²) >= 11 is 0. The van der Waals surface area contributed by atoms with Gasteiger partial charge in [0.1, 0.15) is 11.5 Å². The second-order valence-electron chi connectivity index (χ2n) is 6.63. The molecule has 0 unspecified atom stereocenters. The molecular formula is C20H24N2O3. The summed E-state index contributed by atoms with van der Waals surface area (Å²) in [6.45, 7) is 6.39. The monoisotopic (exact) mass is 340 g/mol. The quantitative estimate of drug-likeness (QED) is 0.646. The normalized spacial score (nSPS) is 11.4. The molecule has 0 aromatic heterocycles. The molecule has 2 aromatic carbocycles. The number of hydrazone groups is 1. The Kier molecular flexibility index (Phi) is 6.17. The van der Waals surface area contributed by atoms with Crippen LogP contribution in [-0.4, -0.2) is 25.8 Å². The highest BCUT2D eigenvalue weighted by Gasteiger charge is 2.12. The summed E-state index contributed by atoms with van der Waals surface area (Å²) in [5, 5.41) is 3.95. The topological polar surface area (TPSA) is 59.9 Å². The molecule has 0 atom stereocenters. The fourth-order valence-corrected chi connectivity index (χ4v) is 2.10. The van der Waals surface area contributed by atoms with Crippen molar-refractivity contribution in [3.05, 3.63) is 59.7 Å². The van der Waals surface area contributed by atoms with Crippen LogP contribution in [0.4, 0.5) is 0 Å². The van der Waals surface area contributed by atoms with Gasteiger partial charge >= 0.3 is 0 Å². The fourth-order valence-electron chi connectivity index (χ4n) is 2.10. The average Bonchev–Trinajstić information content (AvgIpc) is 2.60. The molecular weight excluding hydrogens is 316 g/mol. The standard InChI is InChI=1S/C20H24N2O3/c1-20(2,3)16-7-5-15(6-8-16)13-21-22-19(23)14-25-18-11-9-17(24-4)10-12-18/h5-13H,14H2,1-4H3,(H,22,23)/b21-13+. The molecule has 0 heterocycles. The molecule has 0 radical (unpaired) electrons. The van der Waals surface area contributed by atoms with Gasteiger partial charge in [0, 0.05) is 0 Å². The number of carbonyl (C=O) groups is 1. The largest absolute Gasteiger partial charge is 0.497 e. The third kappa shape index (κ3) is 5.95. The summed E-state index contributed by atoms with van der Waals surface area (Å²) in [5.74, 6) is 1.01. The summed E-state index contributed by atoms with van der Waals surface area (Å²) in [6.07, 6.45) is 1.61. The van der Waals surface area contributed by atoms with Crippen molar-refractivity contribution in [1.29, 1.82) is 0 Å². The highest BCUT2D eigenvalue weighted by atomic mass is 16.5. The molecule has 0 aliphatic heterocycles. The van der Waals surface area contributed by atoms with E-state index in [9.17, 15) is 4.79 Å². The van der Waals surface area contributed by atoms with E-state index in [1.54, 1.807) is 37.6 Å². The molecule has 5 heteroatoms. The maximum Gasteiger partial charge on any atom is 0.277 e. The summed E-state index contributed by atoms with van der Waals surface area (Å²) in [7, 11) is 1.60. The number of ether oxygens (including phenoxy) is 2. The maximum absolute atomic E-state index is 11.7. The smallest absolute Gasteiger partial charge is 0.277 e. The lowest BCUT2D eigenvalue weighted by Crippen LogP contribution is -2.24. The van der Waals surface area contributed by atoms with Gasteiger partial charge in [0.15, 0.2) is 6.61 Å². The average molecular weight is 340 g/mol. The minimum absolute atomic E-state index is 0.105. The van der Waals surface area contributed by atoms with Crippen LogP contribution in [0, 0.1) is 0 Å². The number of nitrogens with zero attached hydrogens (tertiary/aromatic N) is 1. The zero-order valence-electron chi connectivity index (χ0n) is 15.1. The van der Waals surface area contributed by atoms with Crippen LogP contribution in [0.25, 0.3) is 0 Å². The minimum atomic E-state index is -0.321. The molecule has 1 amide bonds. The van der Waals surface area contributed by atoms with Gasteiger partial charge in [-0.2, -0.15) is 5.10 Å². The van der Waals surface area contributed by atoms with E-state index in [4.69, 9.17) is 9.47 Å².